The fraction of sp³-hybridized carbons (Fsp3) is 0.500. The van der Waals surface area contributed by atoms with Crippen LogP contribution in [0.2, 0.25) is 0 Å². The maximum Gasteiger partial charge on any atom is 0.312 e. The van der Waals surface area contributed by atoms with Gasteiger partial charge >= 0.3 is 4.87 Å². The number of nitrogens with one attached hydrogen (secondary N) is 1. The van der Waals surface area contributed by atoms with Crippen LogP contribution < -0.4 is 24.4 Å². The minimum atomic E-state index is -0.424. The largest absolute Gasteiger partial charge is 0.508 e. The van der Waals surface area contributed by atoms with Crippen LogP contribution in [-0.2, 0) is 17.6 Å². The summed E-state index contributed by atoms with van der Waals surface area (Å²) in [5.74, 6) is 2.94. The maximum absolute atomic E-state index is 13.0. The summed E-state index contributed by atoms with van der Waals surface area (Å²) in [6.07, 6.45) is 11.8. The molecule has 1 fully saturated rings. The molecule has 3 atom stereocenters. The normalized spacial score (nSPS) is 24.1. The van der Waals surface area contributed by atoms with Gasteiger partial charge in [-0.1, -0.05) is 35.3 Å². The van der Waals surface area contributed by atoms with Crippen molar-refractivity contribution in [3.8, 4) is 28.9 Å². The predicted octanol–water partition coefficient (Wildman–Crippen LogP) is 7.97. The van der Waals surface area contributed by atoms with E-state index in [0.29, 0.717) is 23.6 Å². The molecule has 0 saturated carbocycles. The summed E-state index contributed by atoms with van der Waals surface area (Å²) in [6, 6.07) is 3.89. The lowest BCUT2D eigenvalue weighted by molar-refractivity contribution is 0.0473. The number of hydrogen-bond donors (Lipinski definition) is 3. The minimum Gasteiger partial charge on any atom is -0.508 e. The summed E-state index contributed by atoms with van der Waals surface area (Å²) in [4.78, 5) is 14.5. The van der Waals surface area contributed by atoms with E-state index in [1.807, 2.05) is 32.1 Å². The van der Waals surface area contributed by atoms with Crippen molar-refractivity contribution in [3.05, 3.63) is 77.1 Å². The molecule has 0 spiro atoms. The fourth-order valence-electron chi connectivity index (χ4n) is 6.85. The number of fused-ring (bicyclic) bond motifs is 2. The van der Waals surface area contributed by atoms with Gasteiger partial charge in [-0.05, 0) is 137 Å². The van der Waals surface area contributed by atoms with Crippen LogP contribution in [0.4, 0.5) is 0 Å². The van der Waals surface area contributed by atoms with E-state index in [9.17, 15) is 15.0 Å². The first kappa shape index (κ1) is 35.4. The number of allylic oxidation sites excluding steroid dienone is 1. The number of phenolic OH excluding ortho intramolecular Hbond substituents is 1. The Balaban J connectivity index is 1.05. The molecule has 0 radical (unpaired) electrons. The van der Waals surface area contributed by atoms with Gasteiger partial charge in [0.1, 0.15) is 39.7 Å². The molecular formula is C38H48N2O7S2. The molecule has 3 aromatic rings. The standard InChI is InChI=1S/C38H48N2O7S2/c1-22-24(3)32-26(18-29(22)41)12-16-38(6,46-32)15-9-11-31-34(42)40(36(43)49-31)35-39-20-28(48-35)10-8-14-37(5)17-13-27-19-30(45-21-44-7)23(2)25(4)33(27)47-37/h9-11,18-19,35,39,41-42H,8,12-17,20-21H2,1-7H3. The van der Waals surface area contributed by atoms with Gasteiger partial charge in [-0.25, -0.2) is 4.57 Å². The molecule has 1 saturated heterocycles. The van der Waals surface area contributed by atoms with Crippen molar-refractivity contribution >= 4 is 29.2 Å². The van der Waals surface area contributed by atoms with Crippen LogP contribution in [0.5, 0.6) is 28.9 Å². The molecule has 264 valence electrons. The van der Waals surface area contributed by atoms with E-state index >= 15 is 0 Å². The van der Waals surface area contributed by atoms with Crippen LogP contribution in [0.1, 0.15) is 89.7 Å². The first-order valence-corrected chi connectivity index (χ1v) is 18.7. The number of thioether (sulfide) groups is 1. The third-order valence-corrected chi connectivity index (χ3v) is 12.4. The molecule has 1 aromatic heterocycles. The van der Waals surface area contributed by atoms with Crippen molar-refractivity contribution in [2.24, 2.45) is 0 Å². The fourth-order valence-corrected chi connectivity index (χ4v) is 8.89. The van der Waals surface area contributed by atoms with E-state index in [0.717, 1.165) is 99.8 Å². The summed E-state index contributed by atoms with van der Waals surface area (Å²) in [5, 5.41) is 24.7. The Morgan fingerprint density at radius 2 is 1.67 bits per heavy atom. The molecule has 0 aliphatic carbocycles. The molecule has 4 heterocycles. The minimum absolute atomic E-state index is 0.0253. The zero-order valence-electron chi connectivity index (χ0n) is 29.5. The lowest BCUT2D eigenvalue weighted by Gasteiger charge is -2.37. The van der Waals surface area contributed by atoms with Crippen molar-refractivity contribution in [2.75, 3.05) is 20.4 Å². The maximum atomic E-state index is 13.0. The number of rotatable bonds is 10. The van der Waals surface area contributed by atoms with Crippen LogP contribution >= 0.6 is 23.1 Å². The zero-order valence-corrected chi connectivity index (χ0v) is 31.2. The molecule has 3 aliphatic rings. The second-order valence-corrected chi connectivity index (χ2v) is 16.2. The quantitative estimate of drug-likeness (QED) is 0.181. The third-order valence-electron chi connectivity index (χ3n) is 10.3. The summed E-state index contributed by atoms with van der Waals surface area (Å²) in [7, 11) is 1.62. The van der Waals surface area contributed by atoms with Gasteiger partial charge in [-0.2, -0.15) is 0 Å². The topological polar surface area (TPSA) is 111 Å². The summed E-state index contributed by atoms with van der Waals surface area (Å²) in [5.41, 5.74) is 5.10. The second kappa shape index (κ2) is 14.1. The number of ether oxygens (including phenoxy) is 4. The van der Waals surface area contributed by atoms with Gasteiger partial charge < -0.3 is 29.2 Å². The first-order valence-electron chi connectivity index (χ1n) is 17.0. The van der Waals surface area contributed by atoms with Crippen molar-refractivity contribution in [1.29, 1.82) is 0 Å². The molecule has 0 amide bonds. The highest BCUT2D eigenvalue weighted by Gasteiger charge is 2.35. The predicted molar refractivity (Wildman–Crippen MR) is 197 cm³/mol. The van der Waals surface area contributed by atoms with E-state index in [-0.39, 0.29) is 28.6 Å². The summed E-state index contributed by atoms with van der Waals surface area (Å²) >= 11 is 2.61. The number of nitrogens with zero attached hydrogens (tertiary/aromatic N) is 1. The molecule has 6 rings (SSSR count). The average molecular weight is 709 g/mol. The SMILES string of the molecule is COCOc1cc2c(c(C)c1C)OC(C)(CCC=C1CNC(n3c(O)c(C=CCC4(C)CCc5cc(O)c(C)c(C)c5O4)sc3=O)S1)CC2. The third kappa shape index (κ3) is 7.27. The van der Waals surface area contributed by atoms with Crippen LogP contribution in [0.3, 0.4) is 0 Å². The number of phenols is 1. The molecule has 2 aromatic carbocycles. The number of benzene rings is 2. The number of methoxy groups -OCH3 is 1. The second-order valence-electron chi connectivity index (χ2n) is 14.0. The van der Waals surface area contributed by atoms with Crippen molar-refractivity contribution in [1.82, 2.24) is 9.88 Å². The highest BCUT2D eigenvalue weighted by Crippen LogP contribution is 2.44. The lowest BCUT2D eigenvalue weighted by atomic mass is 9.87. The van der Waals surface area contributed by atoms with Gasteiger partial charge in [-0.15, -0.1) is 0 Å². The van der Waals surface area contributed by atoms with Gasteiger partial charge in [0.2, 0.25) is 5.88 Å². The Kier molecular flexibility index (Phi) is 10.2. The van der Waals surface area contributed by atoms with E-state index in [1.165, 1.54) is 10.1 Å². The van der Waals surface area contributed by atoms with E-state index < -0.39 is 5.60 Å². The Hall–Kier alpha value is -3.38. The number of aromatic hydroxyl groups is 2. The van der Waals surface area contributed by atoms with Crippen molar-refractivity contribution in [2.45, 2.75) is 103 Å². The van der Waals surface area contributed by atoms with Gasteiger partial charge in [0.15, 0.2) is 6.79 Å². The molecule has 49 heavy (non-hydrogen) atoms. The Morgan fingerprint density at radius 3 is 2.41 bits per heavy atom. The summed E-state index contributed by atoms with van der Waals surface area (Å²) < 4.78 is 25.4. The number of hydrogen-bond acceptors (Lipinski definition) is 10. The van der Waals surface area contributed by atoms with Gasteiger partial charge in [0.05, 0.1) is 4.88 Å². The average Bonchev–Trinajstić information content (AvgIpc) is 3.64. The highest BCUT2D eigenvalue weighted by atomic mass is 32.2. The molecule has 11 heteroatoms. The van der Waals surface area contributed by atoms with Gasteiger partial charge in [0, 0.05) is 20.1 Å². The van der Waals surface area contributed by atoms with Crippen molar-refractivity contribution < 1.29 is 29.2 Å². The Morgan fingerprint density at radius 1 is 1.00 bits per heavy atom. The van der Waals surface area contributed by atoms with Gasteiger partial charge in [0.25, 0.3) is 0 Å². The smallest absolute Gasteiger partial charge is 0.312 e. The van der Waals surface area contributed by atoms with E-state index in [4.69, 9.17) is 18.9 Å². The molecule has 3 aliphatic heterocycles. The molecular weight excluding hydrogens is 661 g/mol. The molecule has 0 bridgehead atoms. The first-order chi connectivity index (χ1) is 23.3. The monoisotopic (exact) mass is 708 g/mol. The number of aryl methyl sites for hydroxylation is 2. The Bertz CT molecular complexity index is 1860. The van der Waals surface area contributed by atoms with E-state index in [2.05, 4.69) is 45.2 Å². The van der Waals surface area contributed by atoms with Gasteiger partial charge in [-0.3, -0.25) is 10.1 Å². The molecule has 3 N–H and O–H groups in total. The zero-order chi connectivity index (χ0) is 35.1. The van der Waals surface area contributed by atoms with Crippen LogP contribution in [0.25, 0.3) is 6.08 Å². The highest BCUT2D eigenvalue weighted by molar-refractivity contribution is 8.03. The lowest BCUT2D eigenvalue weighted by Crippen LogP contribution is -2.36. The summed E-state index contributed by atoms with van der Waals surface area (Å²) in [6.45, 7) is 13.1. The van der Waals surface area contributed by atoms with Crippen molar-refractivity contribution in [3.63, 3.8) is 0 Å². The van der Waals surface area contributed by atoms with Crippen LogP contribution in [0.15, 0.2) is 34.0 Å². The molecule has 9 nitrogen and oxygen atoms in total. The van der Waals surface area contributed by atoms with Crippen LogP contribution in [0, 0.1) is 27.7 Å². The number of thiazole rings is 1. The Labute approximate surface area is 296 Å². The van der Waals surface area contributed by atoms with E-state index in [1.54, 1.807) is 18.9 Å². The molecule has 3 unspecified atom stereocenters. The number of aromatic nitrogens is 1. The van der Waals surface area contributed by atoms with Crippen LogP contribution in [-0.4, -0.2) is 46.4 Å².